The van der Waals surface area contributed by atoms with Crippen LogP contribution in [0.4, 0.5) is 0 Å². The number of methoxy groups -OCH3 is 1. The standard InChI is InChI=1S/C14H13N3O3/c1-3-10-15-13(18)11-12(17-20-14(11)16-10)8-6-4-5-7-9(8)19-2/h4-7H,3H2,1-2H3,(H,15,16,18). The van der Waals surface area contributed by atoms with Crippen LogP contribution in [0.2, 0.25) is 0 Å². The van der Waals surface area contributed by atoms with E-state index in [-0.39, 0.29) is 11.3 Å². The molecule has 0 atom stereocenters. The minimum Gasteiger partial charge on any atom is -0.496 e. The Kier molecular flexibility index (Phi) is 2.98. The SMILES string of the molecule is CCc1nc2onc(-c3ccccc3OC)c2c(=O)[nH]1. The van der Waals surface area contributed by atoms with Crippen molar-refractivity contribution in [2.45, 2.75) is 13.3 Å². The molecule has 3 aromatic rings. The van der Waals surface area contributed by atoms with Crippen molar-refractivity contribution < 1.29 is 9.26 Å². The highest BCUT2D eigenvalue weighted by molar-refractivity contribution is 5.90. The molecular weight excluding hydrogens is 258 g/mol. The Morgan fingerprint density at radius 1 is 1.35 bits per heavy atom. The van der Waals surface area contributed by atoms with Gasteiger partial charge in [-0.2, -0.15) is 4.98 Å². The molecular formula is C14H13N3O3. The number of hydrogen-bond donors (Lipinski definition) is 1. The summed E-state index contributed by atoms with van der Waals surface area (Å²) in [6.07, 6.45) is 0.621. The minimum absolute atomic E-state index is 0.242. The molecule has 0 radical (unpaired) electrons. The third kappa shape index (κ3) is 1.85. The van der Waals surface area contributed by atoms with Gasteiger partial charge in [0.15, 0.2) is 0 Å². The molecule has 20 heavy (non-hydrogen) atoms. The maximum absolute atomic E-state index is 12.2. The van der Waals surface area contributed by atoms with E-state index >= 15 is 0 Å². The molecule has 0 bridgehead atoms. The molecule has 2 aromatic heterocycles. The third-order valence-electron chi connectivity index (χ3n) is 3.09. The van der Waals surface area contributed by atoms with Gasteiger partial charge in [-0.25, -0.2) is 0 Å². The first-order chi connectivity index (χ1) is 9.74. The Morgan fingerprint density at radius 3 is 2.90 bits per heavy atom. The van der Waals surface area contributed by atoms with Gasteiger partial charge in [0.05, 0.1) is 7.11 Å². The second kappa shape index (κ2) is 4.80. The lowest BCUT2D eigenvalue weighted by molar-refractivity contribution is 0.414. The summed E-state index contributed by atoms with van der Waals surface area (Å²) in [5.41, 5.74) is 1.12. The van der Waals surface area contributed by atoms with E-state index in [0.29, 0.717) is 34.6 Å². The third-order valence-corrected chi connectivity index (χ3v) is 3.09. The Labute approximate surface area is 114 Å². The zero-order valence-electron chi connectivity index (χ0n) is 11.1. The fourth-order valence-electron chi connectivity index (χ4n) is 2.10. The van der Waals surface area contributed by atoms with Crippen LogP contribution in [0.1, 0.15) is 12.7 Å². The van der Waals surface area contributed by atoms with Crippen molar-refractivity contribution in [3.63, 3.8) is 0 Å². The topological polar surface area (TPSA) is 81.0 Å². The lowest BCUT2D eigenvalue weighted by atomic mass is 10.1. The summed E-state index contributed by atoms with van der Waals surface area (Å²) in [5.74, 6) is 1.20. The number of aryl methyl sites for hydroxylation is 1. The monoisotopic (exact) mass is 271 g/mol. The summed E-state index contributed by atoms with van der Waals surface area (Å²) in [5, 5.41) is 4.31. The normalized spacial score (nSPS) is 10.9. The predicted molar refractivity (Wildman–Crippen MR) is 73.8 cm³/mol. The second-order valence-electron chi connectivity index (χ2n) is 4.28. The number of nitrogens with one attached hydrogen (secondary N) is 1. The molecule has 6 nitrogen and oxygen atoms in total. The molecule has 0 spiro atoms. The molecule has 0 unspecified atom stereocenters. The lowest BCUT2D eigenvalue weighted by Gasteiger charge is -2.04. The number of ether oxygens (including phenoxy) is 1. The van der Waals surface area contributed by atoms with Gasteiger partial charge in [0.2, 0.25) is 0 Å². The average Bonchev–Trinajstić information content (AvgIpc) is 2.91. The number of nitrogens with zero attached hydrogens (tertiary/aromatic N) is 2. The van der Waals surface area contributed by atoms with Crippen LogP contribution in [0.15, 0.2) is 33.6 Å². The van der Waals surface area contributed by atoms with E-state index in [2.05, 4.69) is 15.1 Å². The van der Waals surface area contributed by atoms with Crippen LogP contribution in [0.5, 0.6) is 5.75 Å². The van der Waals surface area contributed by atoms with Gasteiger partial charge in [-0.3, -0.25) is 4.79 Å². The molecule has 102 valence electrons. The smallest absolute Gasteiger partial charge is 0.265 e. The zero-order chi connectivity index (χ0) is 14.1. The Bertz CT molecular complexity index is 820. The van der Waals surface area contributed by atoms with Crippen LogP contribution >= 0.6 is 0 Å². The molecule has 0 aliphatic rings. The number of rotatable bonds is 3. The number of aromatic amines is 1. The summed E-state index contributed by atoms with van der Waals surface area (Å²) in [4.78, 5) is 19.1. The van der Waals surface area contributed by atoms with E-state index in [1.54, 1.807) is 13.2 Å². The number of fused-ring (bicyclic) bond motifs is 1. The van der Waals surface area contributed by atoms with Crippen LogP contribution in [0.3, 0.4) is 0 Å². The maximum Gasteiger partial charge on any atom is 0.265 e. The highest BCUT2D eigenvalue weighted by atomic mass is 16.5. The fraction of sp³-hybridized carbons (Fsp3) is 0.214. The van der Waals surface area contributed by atoms with E-state index in [9.17, 15) is 4.79 Å². The molecule has 6 heteroatoms. The maximum atomic E-state index is 12.2. The molecule has 2 heterocycles. The first-order valence-electron chi connectivity index (χ1n) is 6.26. The van der Waals surface area contributed by atoms with Gasteiger partial charge in [-0.05, 0) is 12.1 Å². The summed E-state index contributed by atoms with van der Waals surface area (Å²) in [7, 11) is 1.57. The largest absolute Gasteiger partial charge is 0.496 e. The van der Waals surface area contributed by atoms with Crippen molar-refractivity contribution in [3.8, 4) is 17.0 Å². The van der Waals surface area contributed by atoms with Crippen molar-refractivity contribution in [2.24, 2.45) is 0 Å². The van der Waals surface area contributed by atoms with Crippen molar-refractivity contribution in [3.05, 3.63) is 40.4 Å². The Morgan fingerprint density at radius 2 is 2.15 bits per heavy atom. The van der Waals surface area contributed by atoms with Crippen molar-refractivity contribution in [1.82, 2.24) is 15.1 Å². The van der Waals surface area contributed by atoms with Crippen molar-refractivity contribution in [1.29, 1.82) is 0 Å². The zero-order valence-corrected chi connectivity index (χ0v) is 11.1. The molecule has 0 aliphatic carbocycles. The number of para-hydroxylation sites is 1. The number of benzene rings is 1. The number of H-pyrrole nitrogens is 1. The van der Waals surface area contributed by atoms with Crippen LogP contribution in [-0.2, 0) is 6.42 Å². The second-order valence-corrected chi connectivity index (χ2v) is 4.28. The molecule has 0 saturated heterocycles. The molecule has 0 saturated carbocycles. The van der Waals surface area contributed by atoms with Gasteiger partial charge in [0.25, 0.3) is 11.3 Å². The van der Waals surface area contributed by atoms with Gasteiger partial charge < -0.3 is 14.2 Å². The van der Waals surface area contributed by atoms with Crippen LogP contribution in [-0.4, -0.2) is 22.2 Å². The van der Waals surface area contributed by atoms with E-state index in [1.165, 1.54) is 0 Å². The van der Waals surface area contributed by atoms with E-state index < -0.39 is 0 Å². The number of hydrogen-bond acceptors (Lipinski definition) is 5. The molecule has 1 aromatic carbocycles. The molecule has 0 fully saturated rings. The van der Waals surface area contributed by atoms with Crippen LogP contribution < -0.4 is 10.3 Å². The Hall–Kier alpha value is -2.63. The minimum atomic E-state index is -0.256. The molecule has 0 aliphatic heterocycles. The summed E-state index contributed by atoms with van der Waals surface area (Å²) in [6.45, 7) is 1.90. The fourth-order valence-corrected chi connectivity index (χ4v) is 2.10. The van der Waals surface area contributed by atoms with Crippen molar-refractivity contribution in [2.75, 3.05) is 7.11 Å². The van der Waals surface area contributed by atoms with Crippen molar-refractivity contribution >= 4 is 11.1 Å². The molecule has 0 amide bonds. The first-order valence-corrected chi connectivity index (χ1v) is 6.26. The molecule has 3 rings (SSSR count). The van der Waals surface area contributed by atoms with Crippen LogP contribution in [0, 0.1) is 0 Å². The average molecular weight is 271 g/mol. The summed E-state index contributed by atoms with van der Waals surface area (Å²) in [6, 6.07) is 7.32. The van der Waals surface area contributed by atoms with Crippen LogP contribution in [0.25, 0.3) is 22.4 Å². The van der Waals surface area contributed by atoms with Gasteiger partial charge in [-0.15, -0.1) is 0 Å². The summed E-state index contributed by atoms with van der Waals surface area (Å²) >= 11 is 0. The highest BCUT2D eigenvalue weighted by Gasteiger charge is 2.18. The number of aromatic nitrogens is 3. The highest BCUT2D eigenvalue weighted by Crippen LogP contribution is 2.31. The van der Waals surface area contributed by atoms with Gasteiger partial charge in [0, 0.05) is 12.0 Å². The molecule has 1 N–H and O–H groups in total. The van der Waals surface area contributed by atoms with Gasteiger partial charge in [0.1, 0.15) is 22.7 Å². The van der Waals surface area contributed by atoms with Gasteiger partial charge in [-0.1, -0.05) is 24.2 Å². The van der Waals surface area contributed by atoms with E-state index in [4.69, 9.17) is 9.26 Å². The van der Waals surface area contributed by atoms with E-state index in [0.717, 1.165) is 0 Å². The predicted octanol–water partition coefficient (Wildman–Crippen LogP) is 2.15. The lowest BCUT2D eigenvalue weighted by Crippen LogP contribution is -2.11. The van der Waals surface area contributed by atoms with Gasteiger partial charge >= 0.3 is 0 Å². The van der Waals surface area contributed by atoms with E-state index in [1.807, 2.05) is 25.1 Å². The first kappa shape index (κ1) is 12.4. The Balaban J connectivity index is 2.30. The quantitative estimate of drug-likeness (QED) is 0.789. The summed E-state index contributed by atoms with van der Waals surface area (Å²) < 4.78 is 10.5.